The summed E-state index contributed by atoms with van der Waals surface area (Å²) in [5.41, 5.74) is 3.59. The summed E-state index contributed by atoms with van der Waals surface area (Å²) in [4.78, 5) is 20.1. The molecule has 1 heterocycles. The van der Waals surface area contributed by atoms with E-state index in [1.807, 2.05) is 6.20 Å². The molecule has 0 spiro atoms. The Morgan fingerprint density at radius 3 is 2.78 bits per heavy atom. The van der Waals surface area contributed by atoms with Gasteiger partial charge in [-0.15, -0.1) is 0 Å². The monoisotopic (exact) mass is 310 g/mol. The van der Waals surface area contributed by atoms with Crippen LogP contribution in [0.2, 0.25) is 0 Å². The molecule has 0 radical (unpaired) electrons. The van der Waals surface area contributed by atoms with E-state index in [0.717, 1.165) is 30.0 Å². The predicted molar refractivity (Wildman–Crippen MR) is 89.5 cm³/mol. The van der Waals surface area contributed by atoms with Crippen LogP contribution in [0.15, 0.2) is 30.5 Å². The van der Waals surface area contributed by atoms with Gasteiger partial charge in [0.25, 0.3) is 0 Å². The van der Waals surface area contributed by atoms with Gasteiger partial charge < -0.3 is 5.11 Å². The summed E-state index contributed by atoms with van der Waals surface area (Å²) in [6.45, 7) is 2.24. The van der Waals surface area contributed by atoms with Crippen LogP contribution in [-0.2, 0) is 12.8 Å². The Kier molecular flexibility index (Phi) is 4.70. The molecule has 4 nitrogen and oxygen atoms in total. The van der Waals surface area contributed by atoms with Crippen LogP contribution in [0.4, 0.5) is 0 Å². The number of aromatic nitrogens is 2. The fourth-order valence-corrected chi connectivity index (χ4v) is 3.22. The van der Waals surface area contributed by atoms with Gasteiger partial charge in [0.15, 0.2) is 5.82 Å². The minimum atomic E-state index is -0.916. The molecule has 0 bridgehead atoms. The molecule has 1 aliphatic carbocycles. The zero-order chi connectivity index (χ0) is 16.2. The number of unbranched alkanes of at least 4 members (excludes halogenated alkanes) is 1. The molecule has 0 aliphatic heterocycles. The van der Waals surface area contributed by atoms with Crippen molar-refractivity contribution < 1.29 is 9.90 Å². The van der Waals surface area contributed by atoms with E-state index in [1.165, 1.54) is 31.2 Å². The first kappa shape index (κ1) is 15.7. The van der Waals surface area contributed by atoms with Gasteiger partial charge in [0.05, 0.1) is 5.56 Å². The summed E-state index contributed by atoms with van der Waals surface area (Å²) in [6.07, 6.45) is 9.14. The molecule has 1 unspecified atom stereocenters. The Morgan fingerprint density at radius 1 is 1.30 bits per heavy atom. The standard InChI is InChI=1S/C19H22N2O2/c1-2-3-4-13-5-10-17-16(11-13)12-20-18(21-17)14-6-8-15(9-7-14)19(22)23/h6-9,12-13H,2-5,10-11H2,1H3,(H,22,23). The SMILES string of the molecule is CCCCC1CCc2nc(-c3ccc(C(=O)O)cc3)ncc2C1. The lowest BCUT2D eigenvalue weighted by molar-refractivity contribution is 0.0697. The Bertz CT molecular complexity index is 695. The normalized spacial score (nSPS) is 16.8. The van der Waals surface area contributed by atoms with E-state index in [1.54, 1.807) is 24.3 Å². The van der Waals surface area contributed by atoms with E-state index < -0.39 is 5.97 Å². The van der Waals surface area contributed by atoms with Gasteiger partial charge in [0.2, 0.25) is 0 Å². The van der Waals surface area contributed by atoms with Crippen molar-refractivity contribution in [3.05, 3.63) is 47.3 Å². The van der Waals surface area contributed by atoms with E-state index >= 15 is 0 Å². The number of carbonyl (C=O) groups is 1. The van der Waals surface area contributed by atoms with Crippen LogP contribution in [0.1, 0.15) is 54.2 Å². The number of hydrogen-bond acceptors (Lipinski definition) is 3. The Labute approximate surface area is 136 Å². The average molecular weight is 310 g/mol. The second-order valence-corrected chi connectivity index (χ2v) is 6.30. The van der Waals surface area contributed by atoms with Crippen molar-refractivity contribution in [1.29, 1.82) is 0 Å². The maximum atomic E-state index is 10.9. The summed E-state index contributed by atoms with van der Waals surface area (Å²) in [5.74, 6) is 0.542. The fraction of sp³-hybridized carbons (Fsp3) is 0.421. The fourth-order valence-electron chi connectivity index (χ4n) is 3.22. The quantitative estimate of drug-likeness (QED) is 0.901. The number of nitrogens with zero attached hydrogens (tertiary/aromatic N) is 2. The number of rotatable bonds is 5. The first-order chi connectivity index (χ1) is 11.2. The van der Waals surface area contributed by atoms with Crippen LogP contribution >= 0.6 is 0 Å². The predicted octanol–water partition coefficient (Wildman–Crippen LogP) is 4.14. The van der Waals surface area contributed by atoms with Crippen molar-refractivity contribution in [1.82, 2.24) is 9.97 Å². The molecule has 1 atom stereocenters. The van der Waals surface area contributed by atoms with E-state index in [0.29, 0.717) is 5.82 Å². The van der Waals surface area contributed by atoms with Crippen molar-refractivity contribution in [3.63, 3.8) is 0 Å². The smallest absolute Gasteiger partial charge is 0.335 e. The molecule has 3 rings (SSSR count). The zero-order valence-corrected chi connectivity index (χ0v) is 13.5. The highest BCUT2D eigenvalue weighted by Gasteiger charge is 2.20. The minimum absolute atomic E-state index is 0.283. The zero-order valence-electron chi connectivity index (χ0n) is 13.5. The average Bonchev–Trinajstić information content (AvgIpc) is 2.59. The highest BCUT2D eigenvalue weighted by atomic mass is 16.4. The molecule has 0 amide bonds. The van der Waals surface area contributed by atoms with E-state index in [9.17, 15) is 4.79 Å². The maximum absolute atomic E-state index is 10.9. The largest absolute Gasteiger partial charge is 0.478 e. The van der Waals surface area contributed by atoms with Crippen molar-refractivity contribution in [2.24, 2.45) is 5.92 Å². The number of aryl methyl sites for hydroxylation is 1. The molecule has 2 aromatic rings. The van der Waals surface area contributed by atoms with Gasteiger partial charge >= 0.3 is 5.97 Å². The lowest BCUT2D eigenvalue weighted by Crippen LogP contribution is -2.16. The van der Waals surface area contributed by atoms with Gasteiger partial charge in [-0.3, -0.25) is 0 Å². The molecular weight excluding hydrogens is 288 g/mol. The summed E-state index contributed by atoms with van der Waals surface area (Å²) < 4.78 is 0. The number of hydrogen-bond donors (Lipinski definition) is 1. The van der Waals surface area contributed by atoms with Gasteiger partial charge in [0, 0.05) is 17.5 Å². The summed E-state index contributed by atoms with van der Waals surface area (Å²) in [5, 5.41) is 8.96. The lowest BCUT2D eigenvalue weighted by atomic mass is 9.84. The van der Waals surface area contributed by atoms with Crippen molar-refractivity contribution in [2.45, 2.75) is 45.4 Å². The molecule has 0 saturated carbocycles. The molecule has 23 heavy (non-hydrogen) atoms. The first-order valence-corrected chi connectivity index (χ1v) is 8.36. The number of benzene rings is 1. The third-order valence-electron chi connectivity index (χ3n) is 4.61. The van der Waals surface area contributed by atoms with E-state index in [2.05, 4.69) is 11.9 Å². The highest BCUT2D eigenvalue weighted by Crippen LogP contribution is 2.28. The highest BCUT2D eigenvalue weighted by molar-refractivity contribution is 5.88. The van der Waals surface area contributed by atoms with Crippen LogP contribution in [0, 0.1) is 5.92 Å². The van der Waals surface area contributed by atoms with Gasteiger partial charge in [-0.1, -0.05) is 38.3 Å². The maximum Gasteiger partial charge on any atom is 0.335 e. The van der Waals surface area contributed by atoms with Crippen LogP contribution in [-0.4, -0.2) is 21.0 Å². The molecule has 1 N–H and O–H groups in total. The van der Waals surface area contributed by atoms with Crippen molar-refractivity contribution in [3.8, 4) is 11.4 Å². The Morgan fingerprint density at radius 2 is 2.09 bits per heavy atom. The molecular formula is C19H22N2O2. The molecule has 1 aromatic heterocycles. The van der Waals surface area contributed by atoms with Gasteiger partial charge in [-0.2, -0.15) is 0 Å². The second kappa shape index (κ2) is 6.90. The lowest BCUT2D eigenvalue weighted by Gasteiger charge is -2.23. The molecule has 1 aliphatic rings. The number of aromatic carboxylic acids is 1. The third kappa shape index (κ3) is 3.58. The summed E-state index contributed by atoms with van der Waals surface area (Å²) in [6, 6.07) is 6.75. The number of carboxylic acids is 1. The van der Waals surface area contributed by atoms with Gasteiger partial charge in [-0.25, -0.2) is 14.8 Å². The Hall–Kier alpha value is -2.23. The van der Waals surface area contributed by atoms with Crippen molar-refractivity contribution in [2.75, 3.05) is 0 Å². The van der Waals surface area contributed by atoms with E-state index in [-0.39, 0.29) is 5.56 Å². The second-order valence-electron chi connectivity index (χ2n) is 6.30. The first-order valence-electron chi connectivity index (χ1n) is 8.36. The number of fused-ring (bicyclic) bond motifs is 1. The van der Waals surface area contributed by atoms with Gasteiger partial charge in [0.1, 0.15) is 0 Å². The van der Waals surface area contributed by atoms with Crippen LogP contribution < -0.4 is 0 Å². The summed E-state index contributed by atoms with van der Waals surface area (Å²) >= 11 is 0. The van der Waals surface area contributed by atoms with Crippen LogP contribution in [0.25, 0.3) is 11.4 Å². The minimum Gasteiger partial charge on any atom is -0.478 e. The van der Waals surface area contributed by atoms with Crippen LogP contribution in [0.5, 0.6) is 0 Å². The molecule has 1 aromatic carbocycles. The molecule has 0 fully saturated rings. The van der Waals surface area contributed by atoms with E-state index in [4.69, 9.17) is 10.1 Å². The molecule has 120 valence electrons. The molecule has 0 saturated heterocycles. The van der Waals surface area contributed by atoms with Gasteiger partial charge in [-0.05, 0) is 42.9 Å². The van der Waals surface area contributed by atoms with Crippen LogP contribution in [0.3, 0.4) is 0 Å². The summed E-state index contributed by atoms with van der Waals surface area (Å²) in [7, 11) is 0. The third-order valence-corrected chi connectivity index (χ3v) is 4.61. The topological polar surface area (TPSA) is 63.1 Å². The Balaban J connectivity index is 1.78. The molecule has 4 heteroatoms. The van der Waals surface area contributed by atoms with Crippen molar-refractivity contribution >= 4 is 5.97 Å². The number of carboxylic acid groups (broad SMARTS) is 1.